The molecule has 0 saturated carbocycles. The molecule has 210 valence electrons. The van der Waals surface area contributed by atoms with Gasteiger partial charge in [0, 0.05) is 0 Å². The normalized spacial score (nSPS) is 17.0. The molecule has 5 aromatic rings. The van der Waals surface area contributed by atoms with E-state index in [1.54, 1.807) is 36.4 Å². The van der Waals surface area contributed by atoms with E-state index in [1.807, 2.05) is 36.4 Å². The lowest BCUT2D eigenvalue weighted by Gasteiger charge is -2.12. The van der Waals surface area contributed by atoms with Crippen LogP contribution in [0.1, 0.15) is 20.7 Å². The Balaban J connectivity index is 1.05. The van der Waals surface area contributed by atoms with Gasteiger partial charge in [0.15, 0.2) is 11.5 Å². The summed E-state index contributed by atoms with van der Waals surface area (Å²) in [4.78, 5) is 24.7. The molecule has 2 unspecified atom stereocenters. The number of nitrogens with zero attached hydrogens (tertiary/aromatic N) is 2. The summed E-state index contributed by atoms with van der Waals surface area (Å²) in [6, 6.07) is 21.8. The number of hydrogen-bond acceptors (Lipinski definition) is 10. The van der Waals surface area contributed by atoms with Gasteiger partial charge in [0.1, 0.15) is 36.9 Å². The Labute approximate surface area is 239 Å². The van der Waals surface area contributed by atoms with Crippen LogP contribution in [0.3, 0.4) is 0 Å². The van der Waals surface area contributed by atoms with E-state index in [2.05, 4.69) is 10.2 Å². The Morgan fingerprint density at radius 2 is 1.02 bits per heavy atom. The second kappa shape index (κ2) is 11.1. The summed E-state index contributed by atoms with van der Waals surface area (Å²) >= 11 is 0. The Morgan fingerprint density at radius 3 is 1.45 bits per heavy atom. The number of benzene rings is 4. The number of aromatic nitrogens is 2. The van der Waals surface area contributed by atoms with Crippen LogP contribution in [0.15, 0.2) is 85.2 Å². The van der Waals surface area contributed by atoms with Crippen LogP contribution in [-0.2, 0) is 18.9 Å². The van der Waals surface area contributed by atoms with Gasteiger partial charge in [-0.2, -0.15) is 10.2 Å². The zero-order valence-electron chi connectivity index (χ0n) is 22.2. The number of carbonyl (C=O) groups excluding carboxylic acids is 2. The van der Waals surface area contributed by atoms with Crippen LogP contribution in [0, 0.1) is 0 Å². The number of hydrogen-bond donors (Lipinski definition) is 0. The number of esters is 2. The summed E-state index contributed by atoms with van der Waals surface area (Å²) in [6.45, 7) is 1.79. The first kappa shape index (κ1) is 25.9. The molecule has 0 radical (unpaired) electrons. The Kier molecular flexibility index (Phi) is 6.82. The highest BCUT2D eigenvalue weighted by Crippen LogP contribution is 2.35. The lowest BCUT2D eigenvalue weighted by Crippen LogP contribution is -2.09. The number of epoxide rings is 2. The highest BCUT2D eigenvalue weighted by Gasteiger charge is 2.25. The third-order valence-corrected chi connectivity index (χ3v) is 6.82. The van der Waals surface area contributed by atoms with Gasteiger partial charge in [-0.05, 0) is 70.1 Å². The molecular weight excluding hydrogens is 540 g/mol. The lowest BCUT2D eigenvalue weighted by molar-refractivity contribution is 0.0469. The van der Waals surface area contributed by atoms with Crippen LogP contribution in [0.2, 0.25) is 0 Å². The van der Waals surface area contributed by atoms with Gasteiger partial charge in [-0.1, -0.05) is 24.3 Å². The molecule has 1 aromatic heterocycles. The SMILES string of the molecule is O=C(OCC1CO1)c1ccc2cc(Oc3cnncc3Oc3ccc4cc(C(=O)OCC5CO5)ccc4c3)ccc2c1. The Bertz CT molecular complexity index is 1680. The highest BCUT2D eigenvalue weighted by atomic mass is 16.6. The van der Waals surface area contributed by atoms with Crippen LogP contribution in [0.4, 0.5) is 0 Å². The van der Waals surface area contributed by atoms with Crippen molar-refractivity contribution in [1.82, 2.24) is 10.2 Å². The summed E-state index contributed by atoms with van der Waals surface area (Å²) < 4.78 is 33.0. The van der Waals surface area contributed by atoms with Crippen LogP contribution < -0.4 is 9.47 Å². The van der Waals surface area contributed by atoms with Crippen LogP contribution >= 0.6 is 0 Å². The third-order valence-electron chi connectivity index (χ3n) is 6.82. The van der Waals surface area contributed by atoms with Crippen molar-refractivity contribution in [3.63, 3.8) is 0 Å². The van der Waals surface area contributed by atoms with E-state index in [9.17, 15) is 9.59 Å². The van der Waals surface area contributed by atoms with Crippen molar-refractivity contribution in [1.29, 1.82) is 0 Å². The first-order chi connectivity index (χ1) is 20.6. The number of fused-ring (bicyclic) bond motifs is 2. The largest absolute Gasteiger partial charge is 0.459 e. The maximum Gasteiger partial charge on any atom is 0.338 e. The van der Waals surface area contributed by atoms with Crippen molar-refractivity contribution in [3.05, 3.63) is 96.3 Å². The van der Waals surface area contributed by atoms with E-state index >= 15 is 0 Å². The minimum absolute atomic E-state index is 0.0186. The minimum Gasteiger partial charge on any atom is -0.459 e. The maximum absolute atomic E-state index is 12.3. The van der Waals surface area contributed by atoms with E-state index in [0.717, 1.165) is 21.5 Å². The predicted molar refractivity (Wildman–Crippen MR) is 150 cm³/mol. The molecule has 2 aliphatic heterocycles. The molecule has 10 heteroatoms. The van der Waals surface area contributed by atoms with E-state index in [0.29, 0.717) is 47.3 Å². The number of ether oxygens (including phenoxy) is 6. The van der Waals surface area contributed by atoms with Crippen molar-refractivity contribution in [2.75, 3.05) is 26.4 Å². The monoisotopic (exact) mass is 564 g/mol. The molecule has 0 spiro atoms. The quantitative estimate of drug-likeness (QED) is 0.159. The fourth-order valence-electron chi connectivity index (χ4n) is 4.37. The standard InChI is InChI=1S/C32H24N2O8/c35-31(39-17-27-15-37-27)23-3-1-21-11-25(7-5-19(21)9-23)41-29-13-33-34-14-30(29)42-26-8-6-20-10-24(4-2-22(20)12-26)32(36)40-18-28-16-38-28/h1-14,27-28H,15-18H2. The molecule has 2 atom stereocenters. The first-order valence-corrected chi connectivity index (χ1v) is 13.4. The lowest BCUT2D eigenvalue weighted by atomic mass is 10.1. The summed E-state index contributed by atoms with van der Waals surface area (Å²) in [6.07, 6.45) is 3.00. The summed E-state index contributed by atoms with van der Waals surface area (Å²) in [5, 5.41) is 11.4. The second-order valence-corrected chi connectivity index (χ2v) is 9.98. The van der Waals surface area contributed by atoms with Crippen LogP contribution in [0.5, 0.6) is 23.0 Å². The van der Waals surface area contributed by atoms with E-state index in [-0.39, 0.29) is 37.4 Å². The first-order valence-electron chi connectivity index (χ1n) is 13.4. The zero-order valence-corrected chi connectivity index (χ0v) is 22.2. The van der Waals surface area contributed by atoms with Gasteiger partial charge in [-0.3, -0.25) is 0 Å². The van der Waals surface area contributed by atoms with Gasteiger partial charge in [0.2, 0.25) is 0 Å². The Morgan fingerprint density at radius 1 is 0.619 bits per heavy atom. The number of carbonyl (C=O) groups is 2. The third kappa shape index (κ3) is 5.99. The smallest absolute Gasteiger partial charge is 0.338 e. The molecule has 0 amide bonds. The topological polar surface area (TPSA) is 122 Å². The van der Waals surface area contributed by atoms with Crippen molar-refractivity contribution >= 4 is 33.5 Å². The average Bonchev–Trinajstić information content (AvgIpc) is 3.95. The molecule has 10 nitrogen and oxygen atoms in total. The molecule has 42 heavy (non-hydrogen) atoms. The van der Waals surface area contributed by atoms with Gasteiger partial charge in [0.05, 0.1) is 36.7 Å². The van der Waals surface area contributed by atoms with Gasteiger partial charge < -0.3 is 28.4 Å². The van der Waals surface area contributed by atoms with Gasteiger partial charge >= 0.3 is 11.9 Å². The molecule has 0 N–H and O–H groups in total. The minimum atomic E-state index is -0.381. The Hall–Kier alpha value is -5.06. The van der Waals surface area contributed by atoms with Gasteiger partial charge in [0.25, 0.3) is 0 Å². The predicted octanol–water partition coefficient (Wildman–Crippen LogP) is 5.48. The summed E-state index contributed by atoms with van der Waals surface area (Å²) in [7, 11) is 0. The van der Waals surface area contributed by atoms with Gasteiger partial charge in [-0.15, -0.1) is 0 Å². The van der Waals surface area contributed by atoms with Crippen molar-refractivity contribution in [3.8, 4) is 23.0 Å². The molecule has 2 fully saturated rings. The fraction of sp³-hybridized carbons (Fsp3) is 0.188. The molecule has 7 rings (SSSR count). The fourth-order valence-corrected chi connectivity index (χ4v) is 4.37. The average molecular weight is 565 g/mol. The van der Waals surface area contributed by atoms with Crippen LogP contribution in [0.25, 0.3) is 21.5 Å². The van der Waals surface area contributed by atoms with E-state index in [1.165, 1.54) is 12.4 Å². The molecular formula is C32H24N2O8. The zero-order chi connectivity index (χ0) is 28.5. The highest BCUT2D eigenvalue weighted by molar-refractivity contribution is 5.96. The molecule has 3 heterocycles. The van der Waals surface area contributed by atoms with Gasteiger partial charge in [-0.25, -0.2) is 9.59 Å². The van der Waals surface area contributed by atoms with Crippen molar-refractivity contribution < 1.29 is 38.0 Å². The second-order valence-electron chi connectivity index (χ2n) is 9.98. The molecule has 4 aromatic carbocycles. The molecule has 0 aliphatic carbocycles. The van der Waals surface area contributed by atoms with Crippen LogP contribution in [-0.4, -0.2) is 60.8 Å². The number of rotatable bonds is 10. The molecule has 0 bridgehead atoms. The molecule has 2 saturated heterocycles. The maximum atomic E-state index is 12.3. The van der Waals surface area contributed by atoms with Crippen molar-refractivity contribution in [2.45, 2.75) is 12.2 Å². The van der Waals surface area contributed by atoms with E-state index in [4.69, 9.17) is 28.4 Å². The molecule has 2 aliphatic rings. The van der Waals surface area contributed by atoms with Crippen molar-refractivity contribution in [2.24, 2.45) is 0 Å². The summed E-state index contributed by atoms with van der Waals surface area (Å²) in [5.74, 6) is 1.12. The summed E-state index contributed by atoms with van der Waals surface area (Å²) in [5.41, 5.74) is 0.946. The van der Waals surface area contributed by atoms with E-state index < -0.39 is 0 Å².